The van der Waals surface area contributed by atoms with Gasteiger partial charge in [-0.05, 0) is 76.2 Å². The fraction of sp³-hybridized carbons (Fsp3) is 0.684. The van der Waals surface area contributed by atoms with Gasteiger partial charge >= 0.3 is 0 Å². The van der Waals surface area contributed by atoms with Gasteiger partial charge in [-0.2, -0.15) is 0 Å². The third-order valence-corrected chi connectivity index (χ3v) is 5.01. The molecule has 1 saturated carbocycles. The minimum absolute atomic E-state index is 0.00282. The monoisotopic (exact) mass is 330 g/mol. The van der Waals surface area contributed by atoms with E-state index in [1.54, 1.807) is 12.3 Å². The zero-order chi connectivity index (χ0) is 16.8. The number of hydrogen-bond donors (Lipinski definition) is 2. The molecule has 132 valence electrons. The van der Waals surface area contributed by atoms with Gasteiger partial charge in [0.05, 0.1) is 0 Å². The Kier molecular flexibility index (Phi) is 6.07. The first-order valence-corrected chi connectivity index (χ1v) is 9.44. The molecule has 1 aromatic rings. The molecule has 0 aromatic carbocycles. The van der Waals surface area contributed by atoms with E-state index in [0.29, 0.717) is 11.6 Å². The normalized spacial score (nSPS) is 19.2. The number of anilines is 1. The second kappa shape index (κ2) is 8.47. The molecule has 0 atom stereocenters. The van der Waals surface area contributed by atoms with Gasteiger partial charge in [-0.3, -0.25) is 4.79 Å². The topological polar surface area (TPSA) is 57.3 Å². The van der Waals surface area contributed by atoms with Crippen LogP contribution in [0.4, 0.5) is 5.82 Å². The number of pyridine rings is 1. The van der Waals surface area contributed by atoms with E-state index in [4.69, 9.17) is 0 Å². The molecule has 2 heterocycles. The highest BCUT2D eigenvalue weighted by Crippen LogP contribution is 2.23. The lowest BCUT2D eigenvalue weighted by atomic mass is 9.99. The van der Waals surface area contributed by atoms with Gasteiger partial charge in [0.15, 0.2) is 0 Å². The smallest absolute Gasteiger partial charge is 0.251 e. The molecule has 0 bridgehead atoms. The summed E-state index contributed by atoms with van der Waals surface area (Å²) in [6.07, 6.45) is 8.96. The van der Waals surface area contributed by atoms with Crippen molar-refractivity contribution in [1.29, 1.82) is 0 Å². The molecule has 3 rings (SSSR count). The Morgan fingerprint density at radius 2 is 2.04 bits per heavy atom. The van der Waals surface area contributed by atoms with Crippen molar-refractivity contribution < 1.29 is 4.79 Å². The second-order valence-electron chi connectivity index (χ2n) is 7.34. The zero-order valence-corrected chi connectivity index (χ0v) is 14.8. The number of carbonyl (C=O) groups is 1. The molecule has 5 heteroatoms. The van der Waals surface area contributed by atoms with Crippen molar-refractivity contribution in [1.82, 2.24) is 15.2 Å². The summed E-state index contributed by atoms with van der Waals surface area (Å²) >= 11 is 0. The molecule has 0 unspecified atom stereocenters. The Morgan fingerprint density at radius 3 is 2.79 bits per heavy atom. The van der Waals surface area contributed by atoms with Crippen molar-refractivity contribution >= 4 is 11.7 Å². The number of nitrogens with zero attached hydrogens (tertiary/aromatic N) is 2. The van der Waals surface area contributed by atoms with E-state index < -0.39 is 0 Å². The molecule has 2 fully saturated rings. The van der Waals surface area contributed by atoms with Gasteiger partial charge in [-0.15, -0.1) is 0 Å². The largest absolute Gasteiger partial charge is 0.367 e. The van der Waals surface area contributed by atoms with Crippen LogP contribution in [0.2, 0.25) is 0 Å². The first kappa shape index (κ1) is 17.2. The molecule has 1 aromatic heterocycles. The van der Waals surface area contributed by atoms with Crippen molar-refractivity contribution in [3.8, 4) is 0 Å². The average molecular weight is 330 g/mol. The summed E-state index contributed by atoms with van der Waals surface area (Å²) in [4.78, 5) is 19.1. The summed E-state index contributed by atoms with van der Waals surface area (Å²) in [6.45, 7) is 6.73. The Labute approximate surface area is 145 Å². The van der Waals surface area contributed by atoms with Crippen molar-refractivity contribution in [3.05, 3.63) is 23.9 Å². The SMILES string of the molecule is CC1CCN(CCCCNC(=O)c2ccnc(NC3CC3)c2)CC1. The van der Waals surface area contributed by atoms with E-state index in [-0.39, 0.29) is 5.91 Å². The molecule has 1 saturated heterocycles. The number of nitrogens with one attached hydrogen (secondary N) is 2. The van der Waals surface area contributed by atoms with Crippen LogP contribution in [0.25, 0.3) is 0 Å². The van der Waals surface area contributed by atoms with E-state index >= 15 is 0 Å². The van der Waals surface area contributed by atoms with E-state index in [2.05, 4.69) is 27.4 Å². The van der Waals surface area contributed by atoms with Crippen LogP contribution < -0.4 is 10.6 Å². The maximum absolute atomic E-state index is 12.2. The maximum Gasteiger partial charge on any atom is 0.251 e. The third kappa shape index (κ3) is 5.48. The molecule has 2 aliphatic rings. The van der Waals surface area contributed by atoms with Crippen LogP contribution >= 0.6 is 0 Å². The number of aromatic nitrogens is 1. The second-order valence-corrected chi connectivity index (χ2v) is 7.34. The van der Waals surface area contributed by atoms with Gasteiger partial charge < -0.3 is 15.5 Å². The van der Waals surface area contributed by atoms with E-state index in [1.165, 1.54) is 38.8 Å². The molecule has 24 heavy (non-hydrogen) atoms. The van der Waals surface area contributed by atoms with E-state index in [9.17, 15) is 4.79 Å². The van der Waals surface area contributed by atoms with Gasteiger partial charge in [0.1, 0.15) is 5.82 Å². The molecule has 1 aliphatic heterocycles. The Bertz CT molecular complexity index is 536. The highest BCUT2D eigenvalue weighted by atomic mass is 16.1. The standard InChI is InChI=1S/C19H30N4O/c1-15-7-12-23(13-8-15)11-3-2-9-21-19(24)16-6-10-20-18(14-16)22-17-4-5-17/h6,10,14-15,17H,2-5,7-9,11-13H2,1H3,(H,20,22)(H,21,24). The molecule has 0 radical (unpaired) electrons. The van der Waals surface area contributed by atoms with Crippen LogP contribution in [0, 0.1) is 5.92 Å². The van der Waals surface area contributed by atoms with Gasteiger partial charge in [0.25, 0.3) is 5.91 Å². The quantitative estimate of drug-likeness (QED) is 0.720. The van der Waals surface area contributed by atoms with Gasteiger partial charge in [-0.25, -0.2) is 4.98 Å². The Hall–Kier alpha value is -1.62. The van der Waals surface area contributed by atoms with E-state index in [1.807, 2.05) is 6.07 Å². The average Bonchev–Trinajstić information content (AvgIpc) is 3.40. The van der Waals surface area contributed by atoms with Crippen molar-refractivity contribution in [2.75, 3.05) is 31.5 Å². The number of piperidine rings is 1. The Morgan fingerprint density at radius 1 is 1.25 bits per heavy atom. The zero-order valence-electron chi connectivity index (χ0n) is 14.8. The molecular formula is C19H30N4O. The summed E-state index contributed by atoms with van der Waals surface area (Å²) in [5.74, 6) is 1.70. The fourth-order valence-corrected chi connectivity index (χ4v) is 3.14. The highest BCUT2D eigenvalue weighted by molar-refractivity contribution is 5.94. The number of carbonyl (C=O) groups excluding carboxylic acids is 1. The van der Waals surface area contributed by atoms with Crippen molar-refractivity contribution in [3.63, 3.8) is 0 Å². The van der Waals surface area contributed by atoms with Gasteiger partial charge in [-0.1, -0.05) is 6.92 Å². The Balaban J connectivity index is 1.32. The molecule has 1 amide bonds. The first-order valence-electron chi connectivity index (χ1n) is 9.44. The third-order valence-electron chi connectivity index (χ3n) is 5.01. The lowest BCUT2D eigenvalue weighted by Gasteiger charge is -2.30. The van der Waals surface area contributed by atoms with E-state index in [0.717, 1.165) is 37.7 Å². The fourth-order valence-electron chi connectivity index (χ4n) is 3.14. The molecular weight excluding hydrogens is 300 g/mol. The lowest BCUT2D eigenvalue weighted by molar-refractivity contribution is 0.0952. The van der Waals surface area contributed by atoms with Crippen LogP contribution in [0.15, 0.2) is 18.3 Å². The van der Waals surface area contributed by atoms with Crippen molar-refractivity contribution in [2.45, 2.75) is 51.5 Å². The predicted octanol–water partition coefficient (Wildman–Crippen LogP) is 2.90. The predicted molar refractivity (Wildman–Crippen MR) is 97.3 cm³/mol. The van der Waals surface area contributed by atoms with Crippen LogP contribution in [-0.4, -0.2) is 48.0 Å². The number of likely N-dealkylation sites (tertiary alicyclic amines) is 1. The van der Waals surface area contributed by atoms with Gasteiger partial charge in [0.2, 0.25) is 0 Å². The van der Waals surface area contributed by atoms with Gasteiger partial charge in [0, 0.05) is 24.3 Å². The maximum atomic E-state index is 12.2. The van der Waals surface area contributed by atoms with Crippen LogP contribution in [-0.2, 0) is 0 Å². The van der Waals surface area contributed by atoms with Crippen LogP contribution in [0.1, 0.15) is 55.8 Å². The summed E-state index contributed by atoms with van der Waals surface area (Å²) < 4.78 is 0. The summed E-state index contributed by atoms with van der Waals surface area (Å²) in [6, 6.07) is 4.18. The molecule has 0 spiro atoms. The number of hydrogen-bond acceptors (Lipinski definition) is 4. The minimum Gasteiger partial charge on any atom is -0.367 e. The number of unbranched alkanes of at least 4 members (excludes halogenated alkanes) is 1. The first-order chi connectivity index (χ1) is 11.7. The lowest BCUT2D eigenvalue weighted by Crippen LogP contribution is -2.34. The summed E-state index contributed by atoms with van der Waals surface area (Å²) in [5.41, 5.74) is 0.693. The number of amides is 1. The van der Waals surface area contributed by atoms with Crippen molar-refractivity contribution in [2.24, 2.45) is 5.92 Å². The highest BCUT2D eigenvalue weighted by Gasteiger charge is 2.21. The minimum atomic E-state index is 0.00282. The summed E-state index contributed by atoms with van der Waals surface area (Å²) in [5, 5.41) is 6.36. The number of rotatable bonds is 8. The molecule has 1 aliphatic carbocycles. The molecule has 2 N–H and O–H groups in total. The van der Waals surface area contributed by atoms with Crippen LogP contribution in [0.3, 0.4) is 0 Å². The van der Waals surface area contributed by atoms with Crippen LogP contribution in [0.5, 0.6) is 0 Å². The molecule has 5 nitrogen and oxygen atoms in total. The summed E-state index contributed by atoms with van der Waals surface area (Å²) in [7, 11) is 0.